The van der Waals surface area contributed by atoms with Gasteiger partial charge in [0.2, 0.25) is 0 Å². The zero-order valence-electron chi connectivity index (χ0n) is 7.87. The van der Waals surface area contributed by atoms with E-state index in [4.69, 9.17) is 16.2 Å². The monoisotopic (exact) mass is 186 g/mol. The third-order valence-electron chi connectivity index (χ3n) is 2.31. The van der Waals surface area contributed by atoms with E-state index in [1.807, 2.05) is 0 Å². The van der Waals surface area contributed by atoms with Gasteiger partial charge in [-0.3, -0.25) is 4.79 Å². The van der Waals surface area contributed by atoms with E-state index in [0.717, 1.165) is 19.3 Å². The zero-order valence-corrected chi connectivity index (χ0v) is 7.87. The molecule has 4 heteroatoms. The summed E-state index contributed by atoms with van der Waals surface area (Å²) in [6.45, 7) is 0.541. The highest BCUT2D eigenvalue weighted by atomic mass is 16.5. The van der Waals surface area contributed by atoms with Gasteiger partial charge < -0.3 is 16.2 Å². The van der Waals surface area contributed by atoms with Crippen LogP contribution in [0.5, 0.6) is 0 Å². The Balaban J connectivity index is 2.13. The summed E-state index contributed by atoms with van der Waals surface area (Å²) in [7, 11) is 0. The van der Waals surface area contributed by atoms with Crippen LogP contribution in [0.15, 0.2) is 0 Å². The highest BCUT2D eigenvalue weighted by Crippen LogP contribution is 2.20. The first-order valence-corrected chi connectivity index (χ1v) is 4.87. The van der Waals surface area contributed by atoms with Gasteiger partial charge in [-0.05, 0) is 32.2 Å². The smallest absolute Gasteiger partial charge is 0.306 e. The molecule has 0 aromatic rings. The Bertz CT molecular complexity index is 173. The summed E-state index contributed by atoms with van der Waals surface area (Å²) in [6.07, 6.45) is 3.89. The van der Waals surface area contributed by atoms with E-state index in [-0.39, 0.29) is 18.1 Å². The number of carbonyl (C=O) groups is 1. The van der Waals surface area contributed by atoms with Crippen molar-refractivity contribution in [3.63, 3.8) is 0 Å². The Hall–Kier alpha value is -0.610. The van der Waals surface area contributed by atoms with Crippen LogP contribution in [0.25, 0.3) is 0 Å². The van der Waals surface area contributed by atoms with Crippen molar-refractivity contribution >= 4 is 5.97 Å². The van der Waals surface area contributed by atoms with Crippen LogP contribution in [0.4, 0.5) is 0 Å². The van der Waals surface area contributed by atoms with Gasteiger partial charge >= 0.3 is 5.97 Å². The quantitative estimate of drug-likeness (QED) is 0.612. The standard InChI is InChI=1S/C9H18N2O2/c10-5-1-2-9(12)13-8-4-3-7(11)6-8/h7-8H,1-6,10-11H2. The number of rotatable bonds is 4. The molecule has 0 aromatic heterocycles. The molecule has 1 fully saturated rings. The van der Waals surface area contributed by atoms with Gasteiger partial charge in [0.25, 0.3) is 0 Å². The van der Waals surface area contributed by atoms with Gasteiger partial charge in [0.1, 0.15) is 6.10 Å². The largest absolute Gasteiger partial charge is 0.462 e. The lowest BCUT2D eigenvalue weighted by Crippen LogP contribution is -2.20. The van der Waals surface area contributed by atoms with Crippen LogP contribution in [0, 0.1) is 0 Å². The molecule has 0 saturated heterocycles. The minimum absolute atomic E-state index is 0.0558. The molecule has 0 spiro atoms. The topological polar surface area (TPSA) is 78.3 Å². The second kappa shape index (κ2) is 5.19. The number of ether oxygens (including phenoxy) is 1. The van der Waals surface area contributed by atoms with Crippen LogP contribution in [-0.4, -0.2) is 24.7 Å². The van der Waals surface area contributed by atoms with Gasteiger partial charge in [0.15, 0.2) is 0 Å². The first-order valence-electron chi connectivity index (χ1n) is 4.87. The Morgan fingerprint density at radius 2 is 2.23 bits per heavy atom. The van der Waals surface area contributed by atoms with Gasteiger partial charge in [0, 0.05) is 12.5 Å². The number of hydrogen-bond donors (Lipinski definition) is 2. The third-order valence-corrected chi connectivity index (χ3v) is 2.31. The molecule has 1 aliphatic rings. The first-order chi connectivity index (χ1) is 6.22. The highest BCUT2D eigenvalue weighted by Gasteiger charge is 2.24. The molecular weight excluding hydrogens is 168 g/mol. The molecule has 76 valence electrons. The molecule has 0 aliphatic heterocycles. The van der Waals surface area contributed by atoms with E-state index in [1.54, 1.807) is 0 Å². The summed E-state index contributed by atoms with van der Waals surface area (Å²) in [5.74, 6) is -0.135. The fraction of sp³-hybridized carbons (Fsp3) is 0.889. The number of esters is 1. The lowest BCUT2D eigenvalue weighted by molar-refractivity contribution is -0.148. The molecule has 4 N–H and O–H groups in total. The first kappa shape index (κ1) is 10.5. The SMILES string of the molecule is NCCCC(=O)OC1CCC(N)C1. The normalized spacial score (nSPS) is 27.5. The van der Waals surface area contributed by atoms with Crippen molar-refractivity contribution in [1.29, 1.82) is 0 Å². The maximum atomic E-state index is 11.1. The number of hydrogen-bond acceptors (Lipinski definition) is 4. The number of carbonyl (C=O) groups excluding carboxylic acids is 1. The van der Waals surface area contributed by atoms with Gasteiger partial charge in [-0.1, -0.05) is 0 Å². The van der Waals surface area contributed by atoms with Crippen LogP contribution in [0.3, 0.4) is 0 Å². The average molecular weight is 186 g/mol. The second-order valence-corrected chi connectivity index (χ2v) is 3.58. The highest BCUT2D eigenvalue weighted by molar-refractivity contribution is 5.69. The van der Waals surface area contributed by atoms with Crippen LogP contribution < -0.4 is 11.5 Å². The van der Waals surface area contributed by atoms with Crippen LogP contribution >= 0.6 is 0 Å². The maximum absolute atomic E-state index is 11.1. The summed E-state index contributed by atoms with van der Waals surface area (Å²) in [5.41, 5.74) is 11.0. The van der Waals surface area contributed by atoms with Crippen molar-refractivity contribution in [2.45, 2.75) is 44.2 Å². The van der Waals surface area contributed by atoms with Crippen LogP contribution in [-0.2, 0) is 9.53 Å². The van der Waals surface area contributed by atoms with E-state index in [1.165, 1.54) is 0 Å². The molecule has 2 atom stereocenters. The lowest BCUT2D eigenvalue weighted by Gasteiger charge is -2.11. The molecule has 0 radical (unpaired) electrons. The molecule has 0 aromatic carbocycles. The van der Waals surface area contributed by atoms with Crippen LogP contribution in [0.2, 0.25) is 0 Å². The third kappa shape index (κ3) is 3.74. The van der Waals surface area contributed by atoms with E-state index in [0.29, 0.717) is 19.4 Å². The van der Waals surface area contributed by atoms with E-state index >= 15 is 0 Å². The number of nitrogens with two attached hydrogens (primary N) is 2. The molecular formula is C9H18N2O2. The molecule has 1 saturated carbocycles. The van der Waals surface area contributed by atoms with Crippen molar-refractivity contribution in [2.24, 2.45) is 11.5 Å². The second-order valence-electron chi connectivity index (χ2n) is 3.58. The van der Waals surface area contributed by atoms with Gasteiger partial charge in [-0.15, -0.1) is 0 Å². The molecule has 0 bridgehead atoms. The Morgan fingerprint density at radius 3 is 2.77 bits per heavy atom. The van der Waals surface area contributed by atoms with Crippen molar-refractivity contribution in [3.05, 3.63) is 0 Å². The maximum Gasteiger partial charge on any atom is 0.306 e. The Morgan fingerprint density at radius 1 is 1.46 bits per heavy atom. The predicted octanol–water partition coefficient (Wildman–Crippen LogP) is 0.148. The molecule has 2 unspecified atom stereocenters. The van der Waals surface area contributed by atoms with Gasteiger partial charge in [-0.2, -0.15) is 0 Å². The summed E-state index contributed by atoms with van der Waals surface area (Å²) in [6, 6.07) is 0.215. The Kier molecular flexibility index (Phi) is 4.18. The molecule has 13 heavy (non-hydrogen) atoms. The van der Waals surface area contributed by atoms with Crippen molar-refractivity contribution < 1.29 is 9.53 Å². The van der Waals surface area contributed by atoms with Gasteiger partial charge in [-0.25, -0.2) is 0 Å². The fourth-order valence-corrected chi connectivity index (χ4v) is 1.57. The van der Waals surface area contributed by atoms with Crippen molar-refractivity contribution in [1.82, 2.24) is 0 Å². The Labute approximate surface area is 78.6 Å². The summed E-state index contributed by atoms with van der Waals surface area (Å²) < 4.78 is 5.21. The van der Waals surface area contributed by atoms with E-state index in [2.05, 4.69) is 0 Å². The molecule has 0 amide bonds. The molecule has 1 rings (SSSR count). The summed E-state index contributed by atoms with van der Waals surface area (Å²) in [4.78, 5) is 11.1. The minimum Gasteiger partial charge on any atom is -0.462 e. The van der Waals surface area contributed by atoms with E-state index < -0.39 is 0 Å². The van der Waals surface area contributed by atoms with E-state index in [9.17, 15) is 4.79 Å². The summed E-state index contributed by atoms with van der Waals surface area (Å²) in [5, 5.41) is 0. The van der Waals surface area contributed by atoms with Crippen LogP contribution in [0.1, 0.15) is 32.1 Å². The molecule has 4 nitrogen and oxygen atoms in total. The molecule has 0 heterocycles. The van der Waals surface area contributed by atoms with Gasteiger partial charge in [0.05, 0.1) is 0 Å². The van der Waals surface area contributed by atoms with Crippen molar-refractivity contribution in [2.75, 3.05) is 6.54 Å². The zero-order chi connectivity index (χ0) is 9.68. The average Bonchev–Trinajstić information content (AvgIpc) is 2.48. The summed E-state index contributed by atoms with van der Waals surface area (Å²) >= 11 is 0. The lowest BCUT2D eigenvalue weighted by atomic mass is 10.2. The molecule has 1 aliphatic carbocycles. The predicted molar refractivity (Wildman–Crippen MR) is 50.0 cm³/mol. The van der Waals surface area contributed by atoms with Crippen molar-refractivity contribution in [3.8, 4) is 0 Å². The minimum atomic E-state index is -0.135. The fourth-order valence-electron chi connectivity index (χ4n) is 1.57.